The van der Waals surface area contributed by atoms with E-state index >= 15 is 0 Å². The summed E-state index contributed by atoms with van der Waals surface area (Å²) in [4.78, 5) is 34.1. The molecular formula is C19H21N7O4S. The van der Waals surface area contributed by atoms with E-state index in [0.29, 0.717) is 11.7 Å². The number of thiazole rings is 1. The number of nitrogens with one attached hydrogen (secondary N) is 1. The van der Waals surface area contributed by atoms with Crippen molar-refractivity contribution in [1.29, 1.82) is 0 Å². The number of amides is 1. The largest absolute Gasteiger partial charge is 0.373 e. The summed E-state index contributed by atoms with van der Waals surface area (Å²) < 4.78 is 7.02. The number of rotatable bonds is 6. The second-order valence-corrected chi connectivity index (χ2v) is 8.21. The van der Waals surface area contributed by atoms with Crippen LogP contribution in [0.5, 0.6) is 0 Å². The van der Waals surface area contributed by atoms with E-state index in [2.05, 4.69) is 25.3 Å². The number of ether oxygens (including phenoxy) is 1. The zero-order chi connectivity index (χ0) is 22.0. The van der Waals surface area contributed by atoms with E-state index in [0.717, 1.165) is 18.8 Å². The lowest BCUT2D eigenvalue weighted by Gasteiger charge is -2.34. The molecule has 3 heterocycles. The molecule has 11 nitrogen and oxygen atoms in total. The summed E-state index contributed by atoms with van der Waals surface area (Å²) in [5, 5.41) is 20.5. The summed E-state index contributed by atoms with van der Waals surface area (Å²) in [5.41, 5.74) is 0.996. The van der Waals surface area contributed by atoms with Crippen LogP contribution in [0.2, 0.25) is 0 Å². The van der Waals surface area contributed by atoms with Gasteiger partial charge in [-0.25, -0.2) is 14.6 Å². The first-order valence-corrected chi connectivity index (χ1v) is 10.5. The maximum Gasteiger partial charge on any atom is 0.295 e. The SMILES string of the molecule is CC1CN(Cc2csc(NC(=O)c3ccc(-n4cncn4)c([N+](=O)[O-])c3)n2)CC(C)O1. The standard InChI is InChI=1S/C19H21N7O4S/c1-12-6-24(7-13(2)30-12)8-15-9-31-19(22-15)23-18(27)14-3-4-16(17(5-14)26(28)29)25-11-20-10-21-25/h3-5,9-13H,6-8H2,1-2H3,(H,22,23,27). The fourth-order valence-electron chi connectivity index (χ4n) is 3.59. The molecular weight excluding hydrogens is 422 g/mol. The number of aromatic nitrogens is 4. The Bertz CT molecular complexity index is 1070. The molecule has 0 saturated carbocycles. The fourth-order valence-corrected chi connectivity index (χ4v) is 4.28. The first kappa shape index (κ1) is 21.0. The number of morpholine rings is 1. The van der Waals surface area contributed by atoms with Crippen LogP contribution in [0.25, 0.3) is 5.69 Å². The van der Waals surface area contributed by atoms with E-state index in [1.807, 2.05) is 19.2 Å². The average Bonchev–Trinajstić information content (AvgIpc) is 3.39. The van der Waals surface area contributed by atoms with E-state index in [9.17, 15) is 14.9 Å². The molecule has 0 bridgehead atoms. The second-order valence-electron chi connectivity index (χ2n) is 7.35. The van der Waals surface area contributed by atoms with Gasteiger partial charge in [0, 0.05) is 36.6 Å². The van der Waals surface area contributed by atoms with Crippen LogP contribution in [-0.4, -0.2) is 60.8 Å². The van der Waals surface area contributed by atoms with Crippen molar-refractivity contribution in [3.63, 3.8) is 0 Å². The minimum atomic E-state index is -0.556. The second kappa shape index (κ2) is 8.88. The van der Waals surface area contributed by atoms with Crippen molar-refractivity contribution in [2.45, 2.75) is 32.6 Å². The number of nitro groups is 1. The lowest BCUT2D eigenvalue weighted by molar-refractivity contribution is -0.384. The Balaban J connectivity index is 1.45. The van der Waals surface area contributed by atoms with Gasteiger partial charge in [-0.05, 0) is 26.0 Å². The van der Waals surface area contributed by atoms with E-state index in [-0.39, 0.29) is 29.1 Å². The minimum Gasteiger partial charge on any atom is -0.373 e. The Morgan fingerprint density at radius 2 is 2.13 bits per heavy atom. The van der Waals surface area contributed by atoms with Crippen molar-refractivity contribution in [2.75, 3.05) is 18.4 Å². The van der Waals surface area contributed by atoms with Gasteiger partial charge in [-0.15, -0.1) is 11.3 Å². The van der Waals surface area contributed by atoms with Gasteiger partial charge in [0.2, 0.25) is 0 Å². The first-order chi connectivity index (χ1) is 14.9. The molecule has 0 aliphatic carbocycles. The average molecular weight is 443 g/mol. The molecule has 2 atom stereocenters. The van der Waals surface area contributed by atoms with Crippen molar-refractivity contribution >= 4 is 28.1 Å². The van der Waals surface area contributed by atoms with E-state index < -0.39 is 10.8 Å². The Morgan fingerprint density at radius 3 is 2.81 bits per heavy atom. The summed E-state index contributed by atoms with van der Waals surface area (Å²) in [7, 11) is 0. The van der Waals surface area contributed by atoms with E-state index in [4.69, 9.17) is 4.74 Å². The third-order valence-corrected chi connectivity index (χ3v) is 5.56. The molecule has 162 valence electrons. The van der Waals surface area contributed by atoms with Gasteiger partial charge < -0.3 is 4.74 Å². The van der Waals surface area contributed by atoms with E-state index in [1.54, 1.807) is 0 Å². The number of nitro benzene ring substituents is 1. The molecule has 1 amide bonds. The first-order valence-electron chi connectivity index (χ1n) is 9.66. The normalized spacial score (nSPS) is 19.3. The summed E-state index contributed by atoms with van der Waals surface area (Å²) in [5.74, 6) is -0.470. The monoisotopic (exact) mass is 443 g/mol. The van der Waals surface area contributed by atoms with Crippen molar-refractivity contribution in [1.82, 2.24) is 24.6 Å². The number of carbonyl (C=O) groups excluding carboxylic acids is 1. The number of nitrogens with zero attached hydrogens (tertiary/aromatic N) is 6. The van der Waals surface area contributed by atoms with Crippen LogP contribution in [0.4, 0.5) is 10.8 Å². The van der Waals surface area contributed by atoms with Crippen molar-refractivity contribution in [3.8, 4) is 5.69 Å². The Labute approximate surface area is 181 Å². The van der Waals surface area contributed by atoms with Gasteiger partial charge in [-0.3, -0.25) is 25.1 Å². The van der Waals surface area contributed by atoms with Crippen molar-refractivity contribution < 1.29 is 14.5 Å². The smallest absolute Gasteiger partial charge is 0.295 e. The highest BCUT2D eigenvalue weighted by Crippen LogP contribution is 2.25. The highest BCUT2D eigenvalue weighted by atomic mass is 32.1. The number of hydrogen-bond acceptors (Lipinski definition) is 9. The van der Waals surface area contributed by atoms with E-state index in [1.165, 1.54) is 46.9 Å². The third-order valence-electron chi connectivity index (χ3n) is 4.75. The Morgan fingerprint density at radius 1 is 1.35 bits per heavy atom. The van der Waals surface area contributed by atoms with Gasteiger partial charge in [0.1, 0.15) is 18.3 Å². The van der Waals surface area contributed by atoms with Gasteiger partial charge in [0.15, 0.2) is 5.13 Å². The fraction of sp³-hybridized carbons (Fsp3) is 0.368. The number of carbonyl (C=O) groups is 1. The van der Waals surface area contributed by atoms with Crippen LogP contribution in [0.15, 0.2) is 36.2 Å². The van der Waals surface area contributed by atoms with Gasteiger partial charge in [-0.1, -0.05) is 0 Å². The van der Waals surface area contributed by atoms with Crippen molar-refractivity contribution in [3.05, 3.63) is 57.6 Å². The molecule has 2 unspecified atom stereocenters. The van der Waals surface area contributed by atoms with Crippen LogP contribution in [-0.2, 0) is 11.3 Å². The topological polar surface area (TPSA) is 128 Å². The van der Waals surface area contributed by atoms with Gasteiger partial charge in [-0.2, -0.15) is 5.10 Å². The highest BCUT2D eigenvalue weighted by Gasteiger charge is 2.23. The van der Waals surface area contributed by atoms with Gasteiger partial charge >= 0.3 is 0 Å². The van der Waals surface area contributed by atoms with Crippen molar-refractivity contribution in [2.24, 2.45) is 0 Å². The molecule has 0 spiro atoms. The molecule has 0 radical (unpaired) electrons. The minimum absolute atomic E-state index is 0.156. The summed E-state index contributed by atoms with van der Waals surface area (Å²) in [6.45, 7) is 6.41. The summed E-state index contributed by atoms with van der Waals surface area (Å²) in [6, 6.07) is 4.19. The molecule has 12 heteroatoms. The zero-order valence-corrected chi connectivity index (χ0v) is 17.8. The highest BCUT2D eigenvalue weighted by molar-refractivity contribution is 7.14. The van der Waals surface area contributed by atoms with Crippen LogP contribution in [0.1, 0.15) is 29.9 Å². The number of benzene rings is 1. The molecule has 1 fully saturated rings. The van der Waals surface area contributed by atoms with Crippen LogP contribution >= 0.6 is 11.3 Å². The van der Waals surface area contributed by atoms with Crippen LogP contribution in [0, 0.1) is 10.1 Å². The lowest BCUT2D eigenvalue weighted by atomic mass is 10.1. The molecule has 1 saturated heterocycles. The van der Waals surface area contributed by atoms with Crippen LogP contribution in [0.3, 0.4) is 0 Å². The molecule has 4 rings (SSSR count). The molecule has 3 aromatic rings. The molecule has 1 N–H and O–H groups in total. The summed E-state index contributed by atoms with van der Waals surface area (Å²) >= 11 is 1.32. The maximum atomic E-state index is 12.6. The predicted molar refractivity (Wildman–Crippen MR) is 113 cm³/mol. The number of hydrogen-bond donors (Lipinski definition) is 1. The molecule has 1 aliphatic heterocycles. The van der Waals surface area contributed by atoms with Gasteiger partial charge in [0.25, 0.3) is 11.6 Å². The maximum absolute atomic E-state index is 12.6. The molecule has 1 aliphatic rings. The predicted octanol–water partition coefficient (Wildman–Crippen LogP) is 2.49. The molecule has 31 heavy (non-hydrogen) atoms. The van der Waals surface area contributed by atoms with Crippen LogP contribution < -0.4 is 5.32 Å². The zero-order valence-electron chi connectivity index (χ0n) is 17.0. The summed E-state index contributed by atoms with van der Waals surface area (Å²) in [6.07, 6.45) is 2.97. The molecule has 2 aromatic heterocycles. The Hall–Kier alpha value is -3.22. The Kier molecular flexibility index (Phi) is 6.02. The third kappa shape index (κ3) is 4.93. The molecule has 1 aromatic carbocycles. The van der Waals surface area contributed by atoms with Gasteiger partial charge in [0.05, 0.1) is 22.8 Å². The number of anilines is 1. The quantitative estimate of drug-likeness (QED) is 0.454. The lowest BCUT2D eigenvalue weighted by Crippen LogP contribution is -2.44.